The topological polar surface area (TPSA) is 89.5 Å². The van der Waals surface area contributed by atoms with Crippen LogP contribution in [0, 0.1) is 11.8 Å². The molecule has 0 bridgehead atoms. The van der Waals surface area contributed by atoms with E-state index in [9.17, 15) is 14.7 Å². The van der Waals surface area contributed by atoms with E-state index in [0.29, 0.717) is 5.92 Å². The van der Waals surface area contributed by atoms with Gasteiger partial charge in [-0.05, 0) is 53.6 Å². The minimum atomic E-state index is -1.09. The Hall–Kier alpha value is -2.87. The molecule has 1 aliphatic heterocycles. The second-order valence-corrected chi connectivity index (χ2v) is 10.4. The highest BCUT2D eigenvalue weighted by molar-refractivity contribution is 9.10. The highest BCUT2D eigenvalue weighted by Gasteiger charge is 2.56. The molecule has 1 aliphatic carbocycles. The lowest BCUT2D eigenvalue weighted by Gasteiger charge is -2.35. The molecule has 2 fully saturated rings. The molecule has 1 saturated carbocycles. The van der Waals surface area contributed by atoms with Crippen LogP contribution < -0.4 is 0 Å². The molecule has 1 saturated heterocycles. The Kier molecular flexibility index (Phi) is 5.43. The number of rotatable bonds is 5. The van der Waals surface area contributed by atoms with Gasteiger partial charge in [0, 0.05) is 29.3 Å². The van der Waals surface area contributed by atoms with Crippen LogP contribution >= 0.6 is 15.9 Å². The van der Waals surface area contributed by atoms with Crippen molar-refractivity contribution < 1.29 is 14.7 Å². The molecule has 2 amide bonds. The van der Waals surface area contributed by atoms with E-state index in [2.05, 4.69) is 51.2 Å². The van der Waals surface area contributed by atoms with Crippen molar-refractivity contribution in [3.05, 3.63) is 52.9 Å². The van der Waals surface area contributed by atoms with Crippen LogP contribution in [-0.2, 0) is 4.79 Å². The van der Waals surface area contributed by atoms with Crippen LogP contribution in [0.4, 0.5) is 4.79 Å². The molecule has 172 valence electrons. The van der Waals surface area contributed by atoms with Crippen LogP contribution in [0.15, 0.2) is 47.1 Å². The normalized spacial score (nSPS) is 22.5. The zero-order chi connectivity index (χ0) is 23.4. The quantitative estimate of drug-likeness (QED) is 0.487. The first-order valence-electron chi connectivity index (χ1n) is 11.3. The molecule has 3 aromatic rings. The Morgan fingerprint density at radius 1 is 1.18 bits per heavy atom. The van der Waals surface area contributed by atoms with Gasteiger partial charge in [0.2, 0.25) is 5.91 Å². The predicted octanol–water partition coefficient (Wildman–Crippen LogP) is 5.29. The SMILES string of the molecule is CC(C)[C@@H](C(=O)N1[C@@H]2C[C@@H]2C[C@H]1c1nc(-c2ccc3cc(Br)ccc3c2)c[nH]1)N(C)C(=O)O. The third-order valence-corrected chi connectivity index (χ3v) is 7.47. The fraction of sp³-hybridized carbons (Fsp3) is 0.400. The molecular formula is C25H27BrN4O3. The minimum Gasteiger partial charge on any atom is -0.465 e. The third kappa shape index (κ3) is 3.90. The van der Waals surface area contributed by atoms with Gasteiger partial charge in [-0.15, -0.1) is 0 Å². The molecule has 2 aromatic carbocycles. The van der Waals surface area contributed by atoms with Crippen molar-refractivity contribution in [2.24, 2.45) is 11.8 Å². The first kappa shape index (κ1) is 21.9. The number of nitrogens with one attached hydrogen (secondary N) is 1. The van der Waals surface area contributed by atoms with Crippen LogP contribution in [0.1, 0.15) is 38.6 Å². The Labute approximate surface area is 200 Å². The molecule has 0 unspecified atom stereocenters. The lowest BCUT2D eigenvalue weighted by Crippen LogP contribution is -2.52. The van der Waals surface area contributed by atoms with Crippen LogP contribution in [0.2, 0.25) is 0 Å². The van der Waals surface area contributed by atoms with Crippen LogP contribution in [0.5, 0.6) is 0 Å². The van der Waals surface area contributed by atoms with Crippen molar-refractivity contribution in [2.75, 3.05) is 7.05 Å². The van der Waals surface area contributed by atoms with Crippen molar-refractivity contribution >= 4 is 38.7 Å². The average Bonchev–Trinajstić information content (AvgIpc) is 3.20. The number of likely N-dealkylation sites (N-methyl/N-ethyl adjacent to an activating group) is 1. The molecule has 2 aliphatic rings. The molecule has 2 N–H and O–H groups in total. The number of imidazole rings is 1. The lowest BCUT2D eigenvalue weighted by molar-refractivity contribution is -0.139. The lowest BCUT2D eigenvalue weighted by atomic mass is 10.0. The number of carbonyl (C=O) groups is 2. The average molecular weight is 511 g/mol. The summed E-state index contributed by atoms with van der Waals surface area (Å²) in [5.74, 6) is 0.984. The number of likely N-dealkylation sites (tertiary alicyclic amines) is 1. The highest BCUT2D eigenvalue weighted by atomic mass is 79.9. The summed E-state index contributed by atoms with van der Waals surface area (Å²) in [6.45, 7) is 3.78. The summed E-state index contributed by atoms with van der Waals surface area (Å²) < 4.78 is 1.04. The van der Waals surface area contributed by atoms with Gasteiger partial charge in [0.25, 0.3) is 0 Å². The van der Waals surface area contributed by atoms with E-state index in [-0.39, 0.29) is 23.9 Å². The standard InChI is InChI=1S/C25H27BrN4O3/c1-13(2)22(29(3)25(32)33)24(31)30-20-10-17(20)11-21(30)23-27-12-19(28-23)16-5-4-15-9-18(26)7-6-14(15)8-16/h4-9,12-13,17,20-22H,10-11H2,1-3H3,(H,27,28)(H,32,33)/t17-,20-,21+,22+/m1/s1. The fourth-order valence-electron chi connectivity index (χ4n) is 5.22. The van der Waals surface area contributed by atoms with Gasteiger partial charge in [0.1, 0.15) is 11.9 Å². The van der Waals surface area contributed by atoms with Gasteiger partial charge in [-0.25, -0.2) is 9.78 Å². The van der Waals surface area contributed by atoms with E-state index in [0.717, 1.165) is 50.1 Å². The van der Waals surface area contributed by atoms with Crippen LogP contribution in [-0.4, -0.2) is 56.0 Å². The van der Waals surface area contributed by atoms with Crippen LogP contribution in [0.25, 0.3) is 22.0 Å². The number of carbonyl (C=O) groups excluding carboxylic acids is 1. The van der Waals surface area contributed by atoms with E-state index in [4.69, 9.17) is 4.98 Å². The third-order valence-electron chi connectivity index (χ3n) is 6.97. The number of hydrogen-bond acceptors (Lipinski definition) is 3. The summed E-state index contributed by atoms with van der Waals surface area (Å²) in [6.07, 6.45) is 2.65. The number of fused-ring (bicyclic) bond motifs is 2. The van der Waals surface area contributed by atoms with Gasteiger partial charge in [-0.1, -0.05) is 48.0 Å². The molecule has 1 aromatic heterocycles. The van der Waals surface area contributed by atoms with Crippen LogP contribution in [0.3, 0.4) is 0 Å². The number of piperidine rings is 1. The fourth-order valence-corrected chi connectivity index (χ4v) is 5.60. The predicted molar refractivity (Wildman–Crippen MR) is 130 cm³/mol. The number of benzene rings is 2. The molecule has 2 heterocycles. The summed E-state index contributed by atoms with van der Waals surface area (Å²) >= 11 is 3.51. The van der Waals surface area contributed by atoms with Crippen molar-refractivity contribution in [1.82, 2.24) is 19.8 Å². The van der Waals surface area contributed by atoms with Gasteiger partial charge in [0.05, 0.1) is 11.7 Å². The second-order valence-electron chi connectivity index (χ2n) is 9.52. The second kappa shape index (κ2) is 8.17. The first-order chi connectivity index (χ1) is 15.7. The number of H-pyrrole nitrogens is 1. The largest absolute Gasteiger partial charge is 0.465 e. The number of aromatic nitrogens is 2. The summed E-state index contributed by atoms with van der Waals surface area (Å²) in [7, 11) is 1.48. The molecule has 4 atom stereocenters. The maximum absolute atomic E-state index is 13.6. The number of aromatic amines is 1. The first-order valence-corrected chi connectivity index (χ1v) is 12.1. The summed E-state index contributed by atoms with van der Waals surface area (Å²) in [6, 6.07) is 11.8. The Balaban J connectivity index is 1.43. The molecular weight excluding hydrogens is 484 g/mol. The zero-order valence-corrected chi connectivity index (χ0v) is 20.4. The van der Waals surface area contributed by atoms with Crippen molar-refractivity contribution in [3.8, 4) is 11.3 Å². The monoisotopic (exact) mass is 510 g/mol. The highest BCUT2D eigenvalue weighted by Crippen LogP contribution is 2.53. The van der Waals surface area contributed by atoms with Gasteiger partial charge in [0.15, 0.2) is 0 Å². The molecule has 0 spiro atoms. The zero-order valence-electron chi connectivity index (χ0n) is 18.8. The van der Waals surface area contributed by atoms with E-state index >= 15 is 0 Å². The number of hydrogen-bond donors (Lipinski definition) is 2. The molecule has 0 radical (unpaired) electrons. The molecule has 33 heavy (non-hydrogen) atoms. The van der Waals surface area contributed by atoms with Gasteiger partial charge < -0.3 is 15.0 Å². The summed E-state index contributed by atoms with van der Waals surface area (Å²) in [5.41, 5.74) is 1.85. The molecule has 5 rings (SSSR count). The summed E-state index contributed by atoms with van der Waals surface area (Å²) in [5, 5.41) is 11.8. The van der Waals surface area contributed by atoms with Gasteiger partial charge >= 0.3 is 6.09 Å². The maximum atomic E-state index is 13.6. The minimum absolute atomic E-state index is 0.123. The molecule has 8 heteroatoms. The van der Waals surface area contributed by atoms with Gasteiger partial charge in [-0.2, -0.15) is 0 Å². The molecule has 7 nitrogen and oxygen atoms in total. The number of amides is 2. The van der Waals surface area contributed by atoms with E-state index in [1.54, 1.807) is 0 Å². The van der Waals surface area contributed by atoms with Crippen molar-refractivity contribution in [3.63, 3.8) is 0 Å². The van der Waals surface area contributed by atoms with E-state index in [1.165, 1.54) is 7.05 Å². The Bertz CT molecular complexity index is 1240. The van der Waals surface area contributed by atoms with Gasteiger partial charge in [-0.3, -0.25) is 9.69 Å². The number of carboxylic acid groups (broad SMARTS) is 1. The Morgan fingerprint density at radius 2 is 1.91 bits per heavy atom. The Morgan fingerprint density at radius 3 is 2.64 bits per heavy atom. The maximum Gasteiger partial charge on any atom is 0.407 e. The van der Waals surface area contributed by atoms with E-state index in [1.807, 2.05) is 31.0 Å². The smallest absolute Gasteiger partial charge is 0.407 e. The van der Waals surface area contributed by atoms with Crippen molar-refractivity contribution in [2.45, 2.75) is 44.8 Å². The number of nitrogens with zero attached hydrogens (tertiary/aromatic N) is 3. The van der Waals surface area contributed by atoms with Crippen molar-refractivity contribution in [1.29, 1.82) is 0 Å². The summed E-state index contributed by atoms with van der Waals surface area (Å²) in [4.78, 5) is 36.4. The number of halogens is 1. The van der Waals surface area contributed by atoms with E-state index < -0.39 is 12.1 Å².